The summed E-state index contributed by atoms with van der Waals surface area (Å²) in [5.74, 6) is 2.51. The van der Waals surface area contributed by atoms with Gasteiger partial charge in [-0.2, -0.15) is 0 Å². The summed E-state index contributed by atoms with van der Waals surface area (Å²) in [4.78, 5) is 22.5. The Hall–Kier alpha value is -3.20. The van der Waals surface area contributed by atoms with Gasteiger partial charge in [0.05, 0.1) is 25.0 Å². The van der Waals surface area contributed by atoms with Gasteiger partial charge in [-0.15, -0.1) is 10.2 Å². The lowest BCUT2D eigenvalue weighted by atomic mass is 9.57. The molecule has 2 amide bonds. The standard InChI is InChI=1S/C24H25ClFN7O/c1-30(2)23(34)31-11-15-7-17(25)3-5-19(15)33-21(12-31)28-29-22(33)16-8-24(9-16)13-32(14-24)20-6-4-18(26)10-27-20/h3-7,10,16H,8-9,11-14H2,1-2H3. The number of pyridine rings is 1. The van der Waals surface area contributed by atoms with Gasteiger partial charge in [0.25, 0.3) is 0 Å². The lowest BCUT2D eigenvalue weighted by molar-refractivity contribution is 0.0581. The molecule has 10 heteroatoms. The number of hydrogen-bond acceptors (Lipinski definition) is 5. The van der Waals surface area contributed by atoms with Gasteiger partial charge in [0.15, 0.2) is 5.82 Å². The molecule has 6 rings (SSSR count). The molecular weight excluding hydrogens is 457 g/mol. The number of carbonyl (C=O) groups excluding carboxylic acids is 1. The van der Waals surface area contributed by atoms with Gasteiger partial charge in [-0.1, -0.05) is 11.6 Å². The molecule has 4 heterocycles. The van der Waals surface area contributed by atoms with Gasteiger partial charge in [-0.25, -0.2) is 14.2 Å². The first kappa shape index (κ1) is 21.3. The van der Waals surface area contributed by atoms with Crippen LogP contribution in [0.2, 0.25) is 5.02 Å². The number of aromatic nitrogens is 4. The first-order chi connectivity index (χ1) is 16.3. The Morgan fingerprint density at radius 3 is 2.65 bits per heavy atom. The number of carbonyl (C=O) groups is 1. The van der Waals surface area contributed by atoms with E-state index in [0.717, 1.165) is 54.6 Å². The Morgan fingerprint density at radius 2 is 1.94 bits per heavy atom. The average Bonchev–Trinajstić information content (AvgIpc) is 3.07. The molecule has 3 aliphatic rings. The minimum atomic E-state index is -0.317. The van der Waals surface area contributed by atoms with Crippen molar-refractivity contribution < 1.29 is 9.18 Å². The molecule has 1 aliphatic carbocycles. The second-order valence-electron chi connectivity index (χ2n) is 9.91. The van der Waals surface area contributed by atoms with E-state index in [0.29, 0.717) is 24.0 Å². The van der Waals surface area contributed by atoms with E-state index in [2.05, 4.69) is 24.6 Å². The van der Waals surface area contributed by atoms with E-state index in [-0.39, 0.29) is 17.3 Å². The topological polar surface area (TPSA) is 70.4 Å². The van der Waals surface area contributed by atoms with Crippen molar-refractivity contribution in [1.82, 2.24) is 29.5 Å². The predicted octanol–water partition coefficient (Wildman–Crippen LogP) is 3.84. The van der Waals surface area contributed by atoms with Crippen LogP contribution in [0.4, 0.5) is 15.0 Å². The van der Waals surface area contributed by atoms with Crippen molar-refractivity contribution in [1.29, 1.82) is 0 Å². The van der Waals surface area contributed by atoms with Gasteiger partial charge in [0.1, 0.15) is 17.5 Å². The number of anilines is 1. The number of hydrogen-bond donors (Lipinski definition) is 0. The SMILES string of the molecule is CN(C)C(=O)N1Cc2cc(Cl)ccc2-n2c(nnc2C2CC3(C2)CN(c2ccc(F)cn2)C3)C1. The molecule has 0 N–H and O–H groups in total. The number of benzene rings is 1. The Morgan fingerprint density at radius 1 is 1.15 bits per heavy atom. The summed E-state index contributed by atoms with van der Waals surface area (Å²) in [5, 5.41) is 9.74. The summed E-state index contributed by atoms with van der Waals surface area (Å²) in [6, 6.07) is 8.91. The fourth-order valence-electron chi connectivity index (χ4n) is 5.62. The highest BCUT2D eigenvalue weighted by molar-refractivity contribution is 6.30. The minimum Gasteiger partial charge on any atom is -0.355 e. The number of amides is 2. The second-order valence-corrected chi connectivity index (χ2v) is 10.3. The molecule has 2 fully saturated rings. The maximum absolute atomic E-state index is 13.2. The number of nitrogens with zero attached hydrogens (tertiary/aromatic N) is 7. The predicted molar refractivity (Wildman–Crippen MR) is 126 cm³/mol. The summed E-state index contributed by atoms with van der Waals surface area (Å²) in [6.07, 6.45) is 3.31. The quantitative estimate of drug-likeness (QED) is 0.556. The molecule has 1 aromatic carbocycles. The van der Waals surface area contributed by atoms with Gasteiger partial charge in [-0.3, -0.25) is 4.57 Å². The largest absolute Gasteiger partial charge is 0.355 e. The van der Waals surface area contributed by atoms with E-state index in [9.17, 15) is 9.18 Å². The van der Waals surface area contributed by atoms with E-state index in [1.165, 1.54) is 12.3 Å². The van der Waals surface area contributed by atoms with E-state index >= 15 is 0 Å². The van der Waals surface area contributed by atoms with E-state index in [1.807, 2.05) is 18.2 Å². The maximum atomic E-state index is 13.2. The molecule has 0 bridgehead atoms. The molecule has 176 valence electrons. The third-order valence-corrected chi connectivity index (χ3v) is 7.43. The van der Waals surface area contributed by atoms with E-state index in [1.54, 1.807) is 30.0 Å². The number of rotatable bonds is 2. The van der Waals surface area contributed by atoms with Crippen molar-refractivity contribution in [2.45, 2.75) is 31.8 Å². The van der Waals surface area contributed by atoms with E-state index in [4.69, 9.17) is 11.6 Å². The maximum Gasteiger partial charge on any atom is 0.320 e. The Balaban J connectivity index is 1.25. The fraction of sp³-hybridized carbons (Fsp3) is 0.417. The Kier molecular flexibility index (Phi) is 4.81. The summed E-state index contributed by atoms with van der Waals surface area (Å²) < 4.78 is 15.3. The van der Waals surface area contributed by atoms with Crippen molar-refractivity contribution in [3.63, 3.8) is 0 Å². The molecule has 8 nitrogen and oxygen atoms in total. The fourth-order valence-corrected chi connectivity index (χ4v) is 5.81. The summed E-state index contributed by atoms with van der Waals surface area (Å²) in [7, 11) is 3.50. The van der Waals surface area contributed by atoms with Gasteiger partial charge in [0, 0.05) is 43.5 Å². The highest BCUT2D eigenvalue weighted by atomic mass is 35.5. The highest BCUT2D eigenvalue weighted by Crippen LogP contribution is 2.56. The van der Waals surface area contributed by atoms with Crippen LogP contribution in [0.15, 0.2) is 36.5 Å². The molecule has 3 aromatic rings. The molecule has 1 saturated carbocycles. The highest BCUT2D eigenvalue weighted by Gasteiger charge is 2.54. The van der Waals surface area contributed by atoms with Crippen molar-refractivity contribution in [3.05, 3.63) is 64.6 Å². The average molecular weight is 482 g/mol. The van der Waals surface area contributed by atoms with Crippen LogP contribution in [0.5, 0.6) is 0 Å². The summed E-state index contributed by atoms with van der Waals surface area (Å²) >= 11 is 6.31. The zero-order valence-electron chi connectivity index (χ0n) is 19.1. The zero-order valence-corrected chi connectivity index (χ0v) is 19.8. The van der Waals surface area contributed by atoms with Gasteiger partial charge < -0.3 is 14.7 Å². The Bertz CT molecular complexity index is 1260. The summed E-state index contributed by atoms with van der Waals surface area (Å²) in [5.41, 5.74) is 2.21. The van der Waals surface area contributed by atoms with Crippen LogP contribution in [0, 0.1) is 11.2 Å². The molecule has 0 radical (unpaired) electrons. The first-order valence-electron chi connectivity index (χ1n) is 11.4. The van der Waals surface area contributed by atoms with Crippen LogP contribution in [0.25, 0.3) is 5.69 Å². The van der Waals surface area contributed by atoms with Crippen LogP contribution in [0.3, 0.4) is 0 Å². The third kappa shape index (κ3) is 3.41. The van der Waals surface area contributed by atoms with Crippen molar-refractivity contribution in [2.75, 3.05) is 32.1 Å². The Labute approximate surface area is 201 Å². The number of urea groups is 1. The number of halogens is 2. The molecule has 34 heavy (non-hydrogen) atoms. The molecule has 0 unspecified atom stereocenters. The monoisotopic (exact) mass is 481 g/mol. The van der Waals surface area contributed by atoms with Gasteiger partial charge >= 0.3 is 6.03 Å². The molecular formula is C24H25ClFN7O. The van der Waals surface area contributed by atoms with Crippen LogP contribution in [-0.2, 0) is 13.1 Å². The third-order valence-electron chi connectivity index (χ3n) is 7.20. The lowest BCUT2D eigenvalue weighted by Gasteiger charge is -2.59. The van der Waals surface area contributed by atoms with Gasteiger partial charge in [0.2, 0.25) is 0 Å². The van der Waals surface area contributed by atoms with Gasteiger partial charge in [-0.05, 0) is 48.7 Å². The minimum absolute atomic E-state index is 0.0736. The van der Waals surface area contributed by atoms with Crippen LogP contribution in [0.1, 0.15) is 36.0 Å². The first-order valence-corrected chi connectivity index (χ1v) is 11.8. The lowest BCUT2D eigenvalue weighted by Crippen LogP contribution is -2.62. The zero-order chi connectivity index (χ0) is 23.6. The molecule has 1 spiro atoms. The van der Waals surface area contributed by atoms with Crippen molar-refractivity contribution in [3.8, 4) is 5.69 Å². The molecule has 2 aliphatic heterocycles. The number of fused-ring (bicyclic) bond motifs is 3. The molecule has 2 aromatic heterocycles. The van der Waals surface area contributed by atoms with Crippen molar-refractivity contribution >= 4 is 23.4 Å². The normalized spacial score (nSPS) is 18.6. The molecule has 1 saturated heterocycles. The molecule has 0 atom stereocenters. The summed E-state index contributed by atoms with van der Waals surface area (Å²) in [6.45, 7) is 2.68. The van der Waals surface area contributed by atoms with Crippen molar-refractivity contribution in [2.24, 2.45) is 5.41 Å². The van der Waals surface area contributed by atoms with Crippen LogP contribution in [-0.4, -0.2) is 62.8 Å². The second kappa shape index (κ2) is 7.66. The van der Waals surface area contributed by atoms with E-state index < -0.39 is 0 Å². The van der Waals surface area contributed by atoms with Crippen LogP contribution < -0.4 is 4.90 Å². The smallest absolute Gasteiger partial charge is 0.320 e. The van der Waals surface area contributed by atoms with Crippen LogP contribution >= 0.6 is 11.6 Å².